The van der Waals surface area contributed by atoms with Gasteiger partial charge in [0.05, 0.1) is 6.54 Å². The fourth-order valence-electron chi connectivity index (χ4n) is 1.54. The van der Waals surface area contributed by atoms with Gasteiger partial charge >= 0.3 is 0 Å². The summed E-state index contributed by atoms with van der Waals surface area (Å²) in [6.45, 7) is 4.69. The Morgan fingerprint density at radius 1 is 1.29 bits per heavy atom. The van der Waals surface area contributed by atoms with Crippen molar-refractivity contribution in [3.8, 4) is 0 Å². The Morgan fingerprint density at radius 2 is 2.06 bits per heavy atom. The van der Waals surface area contributed by atoms with Crippen molar-refractivity contribution in [3.05, 3.63) is 39.9 Å². The zero-order valence-electron chi connectivity index (χ0n) is 10.2. The van der Waals surface area contributed by atoms with Gasteiger partial charge in [-0.2, -0.15) is 0 Å². The summed E-state index contributed by atoms with van der Waals surface area (Å²) in [6, 6.07) is 6.19. The van der Waals surface area contributed by atoms with Crippen LogP contribution in [0.3, 0.4) is 0 Å². The molecule has 0 aliphatic heterocycles. The maximum absolute atomic E-state index is 4.11. The van der Waals surface area contributed by atoms with Crippen molar-refractivity contribution in [2.24, 2.45) is 7.05 Å². The Kier molecular flexibility index (Phi) is 3.47. The van der Waals surface area contributed by atoms with Gasteiger partial charge in [0.15, 0.2) is 5.82 Å². The van der Waals surface area contributed by atoms with Gasteiger partial charge in [-0.15, -0.1) is 10.2 Å². The highest BCUT2D eigenvalue weighted by Gasteiger charge is 2.04. The number of aryl methyl sites for hydroxylation is 2. The van der Waals surface area contributed by atoms with E-state index in [1.165, 1.54) is 5.56 Å². The van der Waals surface area contributed by atoms with Crippen LogP contribution in [0.15, 0.2) is 22.7 Å². The maximum Gasteiger partial charge on any atom is 0.152 e. The highest BCUT2D eigenvalue weighted by atomic mass is 79.9. The molecule has 0 aliphatic carbocycles. The van der Waals surface area contributed by atoms with Gasteiger partial charge in [-0.3, -0.25) is 0 Å². The van der Waals surface area contributed by atoms with Crippen LogP contribution in [0.4, 0.5) is 5.69 Å². The Labute approximate surface area is 109 Å². The van der Waals surface area contributed by atoms with Gasteiger partial charge < -0.3 is 9.88 Å². The summed E-state index contributed by atoms with van der Waals surface area (Å²) in [6.07, 6.45) is 0. The predicted molar refractivity (Wildman–Crippen MR) is 71.9 cm³/mol. The number of anilines is 1. The molecule has 5 heteroatoms. The van der Waals surface area contributed by atoms with Crippen LogP contribution in [0.2, 0.25) is 0 Å². The maximum atomic E-state index is 4.11. The number of halogens is 1. The molecule has 0 spiro atoms. The number of nitrogens with one attached hydrogen (secondary N) is 1. The van der Waals surface area contributed by atoms with Crippen molar-refractivity contribution in [1.29, 1.82) is 0 Å². The van der Waals surface area contributed by atoms with E-state index in [1.807, 2.05) is 30.7 Å². The highest BCUT2D eigenvalue weighted by Crippen LogP contribution is 2.20. The van der Waals surface area contributed by atoms with E-state index >= 15 is 0 Å². The van der Waals surface area contributed by atoms with Crippen LogP contribution in [0.5, 0.6) is 0 Å². The Morgan fingerprint density at radius 3 is 2.65 bits per heavy atom. The predicted octanol–water partition coefficient (Wildman–Crippen LogP) is 2.81. The molecule has 0 fully saturated rings. The summed E-state index contributed by atoms with van der Waals surface area (Å²) >= 11 is 3.49. The third-order valence-corrected chi connectivity index (χ3v) is 3.68. The minimum Gasteiger partial charge on any atom is -0.378 e. The first-order valence-corrected chi connectivity index (χ1v) is 6.22. The molecule has 90 valence electrons. The molecule has 1 aromatic heterocycles. The lowest BCUT2D eigenvalue weighted by Crippen LogP contribution is -2.06. The first-order valence-electron chi connectivity index (χ1n) is 5.43. The van der Waals surface area contributed by atoms with Gasteiger partial charge in [-0.05, 0) is 37.6 Å². The molecule has 0 radical (unpaired) electrons. The quantitative estimate of drug-likeness (QED) is 0.947. The van der Waals surface area contributed by atoms with Crippen molar-refractivity contribution in [3.63, 3.8) is 0 Å². The van der Waals surface area contributed by atoms with Gasteiger partial charge in [0.2, 0.25) is 0 Å². The molecule has 1 N–H and O–H groups in total. The second-order valence-corrected chi connectivity index (χ2v) is 4.89. The molecule has 0 unspecified atom stereocenters. The average molecular weight is 295 g/mol. The van der Waals surface area contributed by atoms with Crippen LogP contribution in [0.25, 0.3) is 0 Å². The minimum absolute atomic E-state index is 0.679. The summed E-state index contributed by atoms with van der Waals surface area (Å²) in [7, 11) is 1.97. The molecular weight excluding hydrogens is 280 g/mol. The van der Waals surface area contributed by atoms with Gasteiger partial charge in [-0.25, -0.2) is 0 Å². The molecule has 1 heterocycles. The third-order valence-electron chi connectivity index (χ3n) is 2.79. The Bertz CT molecular complexity index is 533. The summed E-state index contributed by atoms with van der Waals surface area (Å²) in [5.74, 6) is 1.86. The molecule has 0 atom stereocenters. The number of hydrogen-bond acceptors (Lipinski definition) is 3. The zero-order valence-corrected chi connectivity index (χ0v) is 11.7. The molecule has 0 bridgehead atoms. The molecule has 17 heavy (non-hydrogen) atoms. The van der Waals surface area contributed by atoms with Crippen LogP contribution < -0.4 is 5.32 Å². The molecule has 0 saturated carbocycles. The average Bonchev–Trinajstić information content (AvgIpc) is 2.62. The monoisotopic (exact) mass is 294 g/mol. The lowest BCUT2D eigenvalue weighted by atomic mass is 10.2. The summed E-state index contributed by atoms with van der Waals surface area (Å²) in [4.78, 5) is 0. The molecule has 1 aromatic carbocycles. The van der Waals surface area contributed by atoms with Crippen LogP contribution in [-0.2, 0) is 13.6 Å². The molecule has 4 nitrogen and oxygen atoms in total. The second-order valence-electron chi connectivity index (χ2n) is 4.04. The van der Waals surface area contributed by atoms with Crippen molar-refractivity contribution in [1.82, 2.24) is 14.8 Å². The van der Waals surface area contributed by atoms with Gasteiger partial charge in [0, 0.05) is 17.2 Å². The SMILES string of the molecule is Cc1cc(NCc2nnc(C)n2C)ccc1Br. The van der Waals surface area contributed by atoms with Gasteiger partial charge in [0.25, 0.3) is 0 Å². The van der Waals surface area contributed by atoms with Crippen molar-refractivity contribution in [2.45, 2.75) is 20.4 Å². The van der Waals surface area contributed by atoms with Crippen LogP contribution in [0.1, 0.15) is 17.2 Å². The Balaban J connectivity index is 2.07. The number of aromatic nitrogens is 3. The number of benzene rings is 1. The standard InChI is InChI=1S/C12H15BrN4/c1-8-6-10(4-5-11(8)13)14-7-12-16-15-9(2)17(12)3/h4-6,14H,7H2,1-3H3. The van der Waals surface area contributed by atoms with Crippen LogP contribution in [0, 0.1) is 13.8 Å². The summed E-state index contributed by atoms with van der Waals surface area (Å²) < 4.78 is 3.11. The molecule has 2 aromatic rings. The third kappa shape index (κ3) is 2.66. The van der Waals surface area contributed by atoms with E-state index in [0.29, 0.717) is 6.54 Å². The van der Waals surface area contributed by atoms with E-state index in [0.717, 1.165) is 21.8 Å². The largest absolute Gasteiger partial charge is 0.378 e. The van der Waals surface area contributed by atoms with E-state index in [4.69, 9.17) is 0 Å². The van der Waals surface area contributed by atoms with E-state index in [2.05, 4.69) is 44.4 Å². The van der Waals surface area contributed by atoms with E-state index in [1.54, 1.807) is 0 Å². The van der Waals surface area contributed by atoms with Crippen molar-refractivity contribution < 1.29 is 0 Å². The smallest absolute Gasteiger partial charge is 0.152 e. The molecular formula is C12H15BrN4. The molecule has 0 aliphatic rings. The molecule has 0 amide bonds. The number of rotatable bonds is 3. The molecule has 0 saturated heterocycles. The van der Waals surface area contributed by atoms with Gasteiger partial charge in [-0.1, -0.05) is 15.9 Å². The fourth-order valence-corrected chi connectivity index (χ4v) is 1.79. The van der Waals surface area contributed by atoms with Crippen molar-refractivity contribution >= 4 is 21.6 Å². The number of nitrogens with zero attached hydrogens (tertiary/aromatic N) is 3. The van der Waals surface area contributed by atoms with Gasteiger partial charge in [0.1, 0.15) is 5.82 Å². The Hall–Kier alpha value is -1.36. The first-order chi connectivity index (χ1) is 8.08. The van der Waals surface area contributed by atoms with E-state index in [-0.39, 0.29) is 0 Å². The zero-order chi connectivity index (χ0) is 12.4. The fraction of sp³-hybridized carbons (Fsp3) is 0.333. The van der Waals surface area contributed by atoms with E-state index in [9.17, 15) is 0 Å². The topological polar surface area (TPSA) is 42.7 Å². The second kappa shape index (κ2) is 4.87. The normalized spacial score (nSPS) is 10.6. The van der Waals surface area contributed by atoms with Crippen molar-refractivity contribution in [2.75, 3.05) is 5.32 Å². The first kappa shape index (κ1) is 12.1. The lowest BCUT2D eigenvalue weighted by molar-refractivity contribution is 0.789. The van der Waals surface area contributed by atoms with Crippen LogP contribution >= 0.6 is 15.9 Å². The summed E-state index contributed by atoms with van der Waals surface area (Å²) in [5.41, 5.74) is 2.30. The minimum atomic E-state index is 0.679. The summed E-state index contributed by atoms with van der Waals surface area (Å²) in [5, 5.41) is 11.5. The van der Waals surface area contributed by atoms with E-state index < -0.39 is 0 Å². The highest BCUT2D eigenvalue weighted by molar-refractivity contribution is 9.10. The lowest BCUT2D eigenvalue weighted by Gasteiger charge is -2.07. The molecule has 2 rings (SSSR count). The van der Waals surface area contributed by atoms with Crippen LogP contribution in [-0.4, -0.2) is 14.8 Å². The number of hydrogen-bond donors (Lipinski definition) is 1.